The highest BCUT2D eigenvalue weighted by Crippen LogP contribution is 2.38. The van der Waals surface area contributed by atoms with E-state index in [1.54, 1.807) is 55.8 Å². The molecule has 220 valence electrons. The summed E-state index contributed by atoms with van der Waals surface area (Å²) in [6, 6.07) is 16.1. The quantitative estimate of drug-likeness (QED) is 0.249. The lowest BCUT2D eigenvalue weighted by Gasteiger charge is -2.26. The zero-order valence-electron chi connectivity index (χ0n) is 23.4. The van der Waals surface area contributed by atoms with Crippen LogP contribution in [0.4, 0.5) is 10.1 Å². The van der Waals surface area contributed by atoms with Crippen molar-refractivity contribution in [2.45, 2.75) is 0 Å². The molecule has 0 unspecified atom stereocenters. The van der Waals surface area contributed by atoms with Crippen molar-refractivity contribution in [2.75, 3.05) is 51.9 Å². The highest BCUT2D eigenvalue weighted by atomic mass is 19.1. The molecule has 43 heavy (non-hydrogen) atoms. The molecule has 6 rings (SSSR count). The normalized spacial score (nSPS) is 13.6. The Morgan fingerprint density at radius 1 is 1.02 bits per heavy atom. The summed E-state index contributed by atoms with van der Waals surface area (Å²) in [5.74, 6) is -0.0140. The number of morpholine rings is 1. The SMILES string of the molecule is COc1cc2c(Oc3ccc(NC(=O)c4c[nH]c5ccccc5c4=O)cc3F)ccnc2cc1OCCN1CCOCC1. The van der Waals surface area contributed by atoms with Gasteiger partial charge in [-0.25, -0.2) is 4.39 Å². The van der Waals surface area contributed by atoms with E-state index in [1.807, 2.05) is 0 Å². The summed E-state index contributed by atoms with van der Waals surface area (Å²) < 4.78 is 38.1. The minimum absolute atomic E-state index is 0.0566. The van der Waals surface area contributed by atoms with Gasteiger partial charge in [0.1, 0.15) is 17.9 Å². The molecule has 1 saturated heterocycles. The number of halogens is 1. The number of hydrogen-bond acceptors (Lipinski definition) is 8. The van der Waals surface area contributed by atoms with Gasteiger partial charge in [0, 0.05) is 66.1 Å². The monoisotopic (exact) mass is 584 g/mol. The maximum atomic E-state index is 15.2. The van der Waals surface area contributed by atoms with Crippen LogP contribution in [0.2, 0.25) is 0 Å². The van der Waals surface area contributed by atoms with Crippen molar-refractivity contribution in [3.63, 3.8) is 0 Å². The molecule has 11 heteroatoms. The Balaban J connectivity index is 1.17. The zero-order chi connectivity index (χ0) is 29.8. The summed E-state index contributed by atoms with van der Waals surface area (Å²) >= 11 is 0. The molecule has 1 amide bonds. The molecule has 10 nitrogen and oxygen atoms in total. The number of para-hydroxylation sites is 1. The molecule has 2 aromatic heterocycles. The van der Waals surface area contributed by atoms with Gasteiger partial charge in [0.2, 0.25) is 5.43 Å². The Morgan fingerprint density at radius 2 is 1.86 bits per heavy atom. The lowest BCUT2D eigenvalue weighted by Crippen LogP contribution is -2.38. The van der Waals surface area contributed by atoms with Gasteiger partial charge in [0.05, 0.1) is 25.8 Å². The molecule has 1 aliphatic heterocycles. The third kappa shape index (κ3) is 6.13. The molecule has 2 N–H and O–H groups in total. The number of aromatic amines is 1. The molecular weight excluding hydrogens is 555 g/mol. The van der Waals surface area contributed by atoms with Gasteiger partial charge in [0.25, 0.3) is 5.91 Å². The van der Waals surface area contributed by atoms with Gasteiger partial charge in [-0.05, 0) is 36.4 Å². The lowest BCUT2D eigenvalue weighted by atomic mass is 10.1. The molecule has 3 heterocycles. The molecule has 0 aliphatic carbocycles. The van der Waals surface area contributed by atoms with Crippen LogP contribution in [0, 0.1) is 5.82 Å². The molecule has 0 saturated carbocycles. The molecule has 0 spiro atoms. The number of anilines is 1. The predicted octanol–water partition coefficient (Wildman–Crippen LogP) is 4.98. The number of aromatic nitrogens is 2. The summed E-state index contributed by atoms with van der Waals surface area (Å²) in [7, 11) is 1.55. The average Bonchev–Trinajstić information content (AvgIpc) is 3.03. The van der Waals surface area contributed by atoms with Gasteiger partial charge in [-0.15, -0.1) is 0 Å². The van der Waals surface area contributed by atoms with Gasteiger partial charge in [0.15, 0.2) is 23.1 Å². The largest absolute Gasteiger partial charge is 0.493 e. The molecule has 3 aromatic carbocycles. The first-order valence-electron chi connectivity index (χ1n) is 13.8. The number of methoxy groups -OCH3 is 1. The molecule has 0 bridgehead atoms. The van der Waals surface area contributed by atoms with Crippen LogP contribution in [0.3, 0.4) is 0 Å². The van der Waals surface area contributed by atoms with Crippen LogP contribution < -0.4 is 25.0 Å². The molecule has 0 radical (unpaired) electrons. The lowest BCUT2D eigenvalue weighted by molar-refractivity contribution is 0.0321. The first kappa shape index (κ1) is 28.1. The van der Waals surface area contributed by atoms with E-state index >= 15 is 4.39 Å². The van der Waals surface area contributed by atoms with Crippen LogP contribution in [0.15, 0.2) is 77.9 Å². The van der Waals surface area contributed by atoms with Gasteiger partial charge in [-0.1, -0.05) is 12.1 Å². The first-order valence-corrected chi connectivity index (χ1v) is 13.8. The summed E-state index contributed by atoms with van der Waals surface area (Å²) in [5, 5.41) is 3.57. The van der Waals surface area contributed by atoms with E-state index in [0.29, 0.717) is 45.7 Å². The van der Waals surface area contributed by atoms with E-state index in [4.69, 9.17) is 18.9 Å². The number of carbonyl (C=O) groups excluding carboxylic acids is 1. The van der Waals surface area contributed by atoms with Crippen molar-refractivity contribution in [2.24, 2.45) is 0 Å². The highest BCUT2D eigenvalue weighted by Gasteiger charge is 2.17. The fourth-order valence-corrected chi connectivity index (χ4v) is 4.91. The second-order valence-corrected chi connectivity index (χ2v) is 9.91. The second kappa shape index (κ2) is 12.5. The number of nitrogens with one attached hydrogen (secondary N) is 2. The van der Waals surface area contributed by atoms with Gasteiger partial charge < -0.3 is 29.2 Å². The Labute approximate surface area is 246 Å². The van der Waals surface area contributed by atoms with Crippen molar-refractivity contribution in [1.82, 2.24) is 14.9 Å². The van der Waals surface area contributed by atoms with Gasteiger partial charge in [-0.3, -0.25) is 19.5 Å². The van der Waals surface area contributed by atoms with Gasteiger partial charge >= 0.3 is 0 Å². The van der Waals surface area contributed by atoms with Gasteiger partial charge in [-0.2, -0.15) is 0 Å². The molecule has 0 atom stereocenters. The van der Waals surface area contributed by atoms with Crippen molar-refractivity contribution in [3.05, 3.63) is 94.7 Å². The van der Waals surface area contributed by atoms with Crippen LogP contribution in [0.5, 0.6) is 23.0 Å². The number of amides is 1. The molecule has 1 aliphatic rings. The highest BCUT2D eigenvalue weighted by molar-refractivity contribution is 6.05. The van der Waals surface area contributed by atoms with Crippen molar-refractivity contribution in [1.29, 1.82) is 0 Å². The molecular formula is C32H29FN4O6. The summed E-state index contributed by atoms with van der Waals surface area (Å²) in [5.41, 5.74) is 0.872. The van der Waals surface area contributed by atoms with Crippen molar-refractivity contribution < 1.29 is 28.1 Å². The Kier molecular flexibility index (Phi) is 8.16. The molecule has 5 aromatic rings. The number of fused-ring (bicyclic) bond motifs is 2. The van der Waals surface area contributed by atoms with E-state index in [0.717, 1.165) is 38.9 Å². The minimum Gasteiger partial charge on any atom is -0.493 e. The maximum absolute atomic E-state index is 15.2. The average molecular weight is 585 g/mol. The number of carbonyl (C=O) groups is 1. The maximum Gasteiger partial charge on any atom is 0.261 e. The summed E-state index contributed by atoms with van der Waals surface area (Å²) in [4.78, 5) is 35.2. The van der Waals surface area contributed by atoms with E-state index in [9.17, 15) is 9.59 Å². The topological polar surface area (TPSA) is 115 Å². The van der Waals surface area contributed by atoms with E-state index < -0.39 is 17.2 Å². The zero-order valence-corrected chi connectivity index (χ0v) is 23.4. The van der Waals surface area contributed by atoms with E-state index in [-0.39, 0.29) is 17.0 Å². The number of H-pyrrole nitrogens is 1. The molecule has 1 fully saturated rings. The second-order valence-electron chi connectivity index (χ2n) is 9.91. The van der Waals surface area contributed by atoms with Crippen molar-refractivity contribution >= 4 is 33.4 Å². The Hall–Kier alpha value is -5.00. The van der Waals surface area contributed by atoms with Crippen molar-refractivity contribution in [3.8, 4) is 23.0 Å². The number of hydrogen-bond donors (Lipinski definition) is 2. The first-order chi connectivity index (χ1) is 21.0. The fraction of sp³-hybridized carbons (Fsp3) is 0.219. The van der Waals surface area contributed by atoms with Crippen LogP contribution >= 0.6 is 0 Å². The fourth-order valence-electron chi connectivity index (χ4n) is 4.91. The van der Waals surface area contributed by atoms with E-state index in [1.165, 1.54) is 18.3 Å². The third-order valence-corrected chi connectivity index (χ3v) is 7.20. The van der Waals surface area contributed by atoms with Crippen LogP contribution in [-0.4, -0.2) is 67.3 Å². The Morgan fingerprint density at radius 3 is 2.67 bits per heavy atom. The number of nitrogens with zero attached hydrogens (tertiary/aromatic N) is 2. The third-order valence-electron chi connectivity index (χ3n) is 7.20. The number of rotatable bonds is 9. The predicted molar refractivity (Wildman–Crippen MR) is 160 cm³/mol. The standard InChI is InChI=1S/C32H29FN4O6/c1-40-29-17-22-26(18-30(29)42-15-12-37-10-13-41-14-11-37)34-9-8-27(22)43-28-7-6-20(16-24(28)33)36-32(39)23-19-35-25-5-3-2-4-21(25)31(23)38/h2-9,16-19H,10-15H2,1H3,(H,35,38)(H,36,39). The summed E-state index contributed by atoms with van der Waals surface area (Å²) in [6.07, 6.45) is 2.91. The number of pyridine rings is 2. The van der Waals surface area contributed by atoms with Crippen LogP contribution in [0.1, 0.15) is 10.4 Å². The minimum atomic E-state index is -0.704. The Bertz CT molecular complexity index is 1850. The summed E-state index contributed by atoms with van der Waals surface area (Å²) in [6.45, 7) is 4.41. The smallest absolute Gasteiger partial charge is 0.261 e. The number of ether oxygens (including phenoxy) is 4. The van der Waals surface area contributed by atoms with Crippen LogP contribution in [0.25, 0.3) is 21.8 Å². The van der Waals surface area contributed by atoms with Crippen LogP contribution in [-0.2, 0) is 4.74 Å². The van der Waals surface area contributed by atoms with E-state index in [2.05, 4.69) is 20.2 Å². The number of benzene rings is 3.